The molecule has 1 amide bonds. The van der Waals surface area contributed by atoms with Gasteiger partial charge in [-0.25, -0.2) is 13.1 Å². The molecule has 2 aromatic carbocycles. The molecule has 2 rings (SSSR count). The number of carbonyl (C=O) groups is 1. The first-order valence-electron chi connectivity index (χ1n) is 9.13. The van der Waals surface area contributed by atoms with Crippen LogP contribution in [-0.4, -0.2) is 20.6 Å². The maximum atomic E-state index is 12.9. The highest BCUT2D eigenvalue weighted by Crippen LogP contribution is 2.29. The van der Waals surface area contributed by atoms with Crippen LogP contribution < -0.4 is 10.0 Å². The summed E-state index contributed by atoms with van der Waals surface area (Å²) in [6, 6.07) is 10.3. The highest BCUT2D eigenvalue weighted by Gasteiger charge is 2.21. The van der Waals surface area contributed by atoms with Crippen LogP contribution in [0.2, 0.25) is 0 Å². The van der Waals surface area contributed by atoms with Crippen molar-refractivity contribution in [1.29, 1.82) is 0 Å². The first-order valence-corrected chi connectivity index (χ1v) is 11.8. The maximum Gasteiger partial charge on any atom is 0.241 e. The molecule has 1 unspecified atom stereocenters. The first kappa shape index (κ1) is 22.5. The fraction of sp³-hybridized carbons (Fsp3) is 0.381. The van der Waals surface area contributed by atoms with Gasteiger partial charge < -0.3 is 5.32 Å². The molecule has 0 radical (unpaired) electrons. The quantitative estimate of drug-likeness (QED) is 0.639. The minimum Gasteiger partial charge on any atom is -0.325 e. The van der Waals surface area contributed by atoms with Crippen LogP contribution in [0.15, 0.2) is 46.2 Å². The molecule has 0 aromatic heterocycles. The number of hydrogen-bond donors (Lipinski definition) is 2. The zero-order valence-corrected chi connectivity index (χ0v) is 18.8. The van der Waals surface area contributed by atoms with Gasteiger partial charge in [-0.05, 0) is 61.9 Å². The predicted octanol–water partition coefficient (Wildman–Crippen LogP) is 4.66. The SMILES string of the molecule is CSc1ccc(S(=O)(=O)NC(C)c2ccc(C)c(C)c2)cc1NC(=O)C(C)C. The van der Waals surface area contributed by atoms with Crippen LogP contribution in [0.4, 0.5) is 5.69 Å². The van der Waals surface area contributed by atoms with E-state index in [4.69, 9.17) is 0 Å². The van der Waals surface area contributed by atoms with Crippen LogP contribution in [0, 0.1) is 19.8 Å². The molecule has 0 heterocycles. The summed E-state index contributed by atoms with van der Waals surface area (Å²) in [5.74, 6) is -0.348. The van der Waals surface area contributed by atoms with Crippen LogP contribution in [0.25, 0.3) is 0 Å². The number of hydrogen-bond acceptors (Lipinski definition) is 4. The van der Waals surface area contributed by atoms with Crippen LogP contribution in [0.5, 0.6) is 0 Å². The Morgan fingerprint density at radius 3 is 2.25 bits per heavy atom. The van der Waals surface area contributed by atoms with E-state index in [0.717, 1.165) is 21.6 Å². The van der Waals surface area contributed by atoms with Crippen molar-refractivity contribution in [2.75, 3.05) is 11.6 Å². The summed E-state index contributed by atoms with van der Waals surface area (Å²) < 4.78 is 28.5. The number of aryl methyl sites for hydroxylation is 2. The van der Waals surface area contributed by atoms with Crippen molar-refractivity contribution in [2.24, 2.45) is 5.92 Å². The van der Waals surface area contributed by atoms with Gasteiger partial charge in [0.2, 0.25) is 15.9 Å². The third-order valence-electron chi connectivity index (χ3n) is 4.63. The molecule has 7 heteroatoms. The van der Waals surface area contributed by atoms with Gasteiger partial charge in [-0.3, -0.25) is 4.79 Å². The van der Waals surface area contributed by atoms with Crippen LogP contribution in [0.3, 0.4) is 0 Å². The summed E-state index contributed by atoms with van der Waals surface area (Å²) in [6.45, 7) is 9.43. The zero-order chi connectivity index (χ0) is 21.1. The van der Waals surface area contributed by atoms with Crippen molar-refractivity contribution >= 4 is 33.4 Å². The predicted molar refractivity (Wildman–Crippen MR) is 116 cm³/mol. The van der Waals surface area contributed by atoms with Gasteiger partial charge in [0.25, 0.3) is 0 Å². The highest BCUT2D eigenvalue weighted by atomic mass is 32.2. The van der Waals surface area contributed by atoms with Crippen molar-refractivity contribution < 1.29 is 13.2 Å². The molecule has 0 spiro atoms. The molecule has 2 aromatic rings. The topological polar surface area (TPSA) is 75.3 Å². The molecule has 0 aliphatic rings. The summed E-state index contributed by atoms with van der Waals surface area (Å²) in [6.07, 6.45) is 1.88. The van der Waals surface area contributed by atoms with E-state index in [1.54, 1.807) is 26.0 Å². The Kier molecular flexibility index (Phi) is 7.31. The normalized spacial score (nSPS) is 12.8. The van der Waals surface area contributed by atoms with Crippen LogP contribution in [-0.2, 0) is 14.8 Å². The van der Waals surface area contributed by atoms with Crippen molar-refractivity contribution in [3.05, 3.63) is 53.1 Å². The van der Waals surface area contributed by atoms with Gasteiger partial charge in [0.05, 0.1) is 10.6 Å². The van der Waals surface area contributed by atoms with Gasteiger partial charge in [-0.15, -0.1) is 11.8 Å². The molecule has 5 nitrogen and oxygen atoms in total. The molecule has 2 N–H and O–H groups in total. The molecule has 0 bridgehead atoms. The van der Waals surface area contributed by atoms with Crippen LogP contribution >= 0.6 is 11.8 Å². The van der Waals surface area contributed by atoms with Crippen molar-refractivity contribution in [3.63, 3.8) is 0 Å². The lowest BCUT2D eigenvalue weighted by molar-refractivity contribution is -0.118. The lowest BCUT2D eigenvalue weighted by atomic mass is 10.0. The van der Waals surface area contributed by atoms with Gasteiger partial charge in [-0.2, -0.15) is 0 Å². The van der Waals surface area contributed by atoms with E-state index in [-0.39, 0.29) is 22.8 Å². The lowest BCUT2D eigenvalue weighted by Crippen LogP contribution is -2.27. The Morgan fingerprint density at radius 1 is 1.00 bits per heavy atom. The van der Waals surface area contributed by atoms with E-state index in [0.29, 0.717) is 5.69 Å². The summed E-state index contributed by atoms with van der Waals surface area (Å²) in [5.41, 5.74) is 3.69. The second-order valence-corrected chi connectivity index (χ2v) is 9.75. The second kappa shape index (κ2) is 9.11. The van der Waals surface area contributed by atoms with E-state index in [2.05, 4.69) is 10.0 Å². The number of amides is 1. The smallest absolute Gasteiger partial charge is 0.241 e. The zero-order valence-electron chi connectivity index (χ0n) is 17.2. The summed E-state index contributed by atoms with van der Waals surface area (Å²) in [4.78, 5) is 13.0. The standard InChI is InChI=1S/C21H28N2O3S2/c1-13(2)21(24)22-19-12-18(9-10-20(19)27-6)28(25,26)23-16(5)17-8-7-14(3)15(4)11-17/h7-13,16,23H,1-6H3,(H,22,24). The molecule has 0 aliphatic heterocycles. The number of nitrogens with one attached hydrogen (secondary N) is 2. The Balaban J connectivity index is 2.31. The Labute approximate surface area is 172 Å². The summed E-state index contributed by atoms with van der Waals surface area (Å²) >= 11 is 1.45. The molecule has 0 saturated heterocycles. The molecule has 0 saturated carbocycles. The number of thioether (sulfide) groups is 1. The fourth-order valence-corrected chi connectivity index (χ4v) is 4.42. The minimum atomic E-state index is -3.74. The minimum absolute atomic E-state index is 0.125. The molecule has 0 aliphatic carbocycles. The summed E-state index contributed by atoms with van der Waals surface area (Å²) in [5, 5.41) is 2.82. The molecular formula is C21H28N2O3S2. The van der Waals surface area contributed by atoms with Gasteiger partial charge >= 0.3 is 0 Å². The third-order valence-corrected chi connectivity index (χ3v) is 6.96. The van der Waals surface area contributed by atoms with Crippen molar-refractivity contribution in [1.82, 2.24) is 4.72 Å². The van der Waals surface area contributed by atoms with E-state index in [1.807, 2.05) is 45.2 Å². The van der Waals surface area contributed by atoms with Crippen LogP contribution in [0.1, 0.15) is 43.5 Å². The monoisotopic (exact) mass is 420 g/mol. The van der Waals surface area contributed by atoms with Crippen molar-refractivity contribution in [2.45, 2.75) is 50.5 Å². The van der Waals surface area contributed by atoms with E-state index in [1.165, 1.54) is 17.8 Å². The van der Waals surface area contributed by atoms with Gasteiger partial charge in [0.1, 0.15) is 0 Å². The molecule has 0 fully saturated rings. The maximum absolute atomic E-state index is 12.9. The van der Waals surface area contributed by atoms with E-state index in [9.17, 15) is 13.2 Å². The van der Waals surface area contributed by atoms with Gasteiger partial charge in [-0.1, -0.05) is 32.0 Å². The largest absolute Gasteiger partial charge is 0.325 e. The number of rotatable bonds is 7. The summed E-state index contributed by atoms with van der Waals surface area (Å²) in [7, 11) is -3.74. The number of benzene rings is 2. The lowest BCUT2D eigenvalue weighted by Gasteiger charge is -2.17. The van der Waals surface area contributed by atoms with Crippen molar-refractivity contribution in [3.8, 4) is 0 Å². The average Bonchev–Trinajstić information content (AvgIpc) is 2.63. The van der Waals surface area contributed by atoms with Gasteiger partial charge in [0, 0.05) is 16.9 Å². The highest BCUT2D eigenvalue weighted by molar-refractivity contribution is 7.98. The molecule has 152 valence electrons. The number of carbonyl (C=O) groups excluding carboxylic acids is 1. The molecule has 1 atom stereocenters. The Bertz CT molecular complexity index is 970. The first-order chi connectivity index (χ1) is 13.0. The Hall–Kier alpha value is -1.83. The fourth-order valence-electron chi connectivity index (χ4n) is 2.63. The Morgan fingerprint density at radius 2 is 1.68 bits per heavy atom. The number of anilines is 1. The number of sulfonamides is 1. The van der Waals surface area contributed by atoms with E-state index >= 15 is 0 Å². The average molecular weight is 421 g/mol. The molecular weight excluding hydrogens is 392 g/mol. The third kappa shape index (κ3) is 5.37. The molecule has 28 heavy (non-hydrogen) atoms. The van der Waals surface area contributed by atoms with E-state index < -0.39 is 10.0 Å². The second-order valence-electron chi connectivity index (χ2n) is 7.19. The van der Waals surface area contributed by atoms with Gasteiger partial charge in [0.15, 0.2) is 0 Å².